The molecule has 1 aliphatic carbocycles. The Kier molecular flexibility index (Phi) is 6.05. The van der Waals surface area contributed by atoms with Gasteiger partial charge in [0.25, 0.3) is 0 Å². The Hall–Kier alpha value is -2.21. The third-order valence-electron chi connectivity index (χ3n) is 5.42. The molecule has 0 atom stereocenters. The second-order valence-electron chi connectivity index (χ2n) is 7.69. The highest BCUT2D eigenvalue weighted by atomic mass is 32.1. The molecule has 4 rings (SSSR count). The van der Waals surface area contributed by atoms with Crippen molar-refractivity contribution in [3.63, 3.8) is 0 Å². The first-order valence-corrected chi connectivity index (χ1v) is 10.6. The van der Waals surface area contributed by atoms with Crippen LogP contribution in [0.3, 0.4) is 0 Å². The average molecular weight is 401 g/mol. The normalized spacial score (nSPS) is 16.6. The first-order valence-electron chi connectivity index (χ1n) is 10.2. The number of rotatable bonds is 5. The lowest BCUT2D eigenvalue weighted by atomic mass is 10.1. The monoisotopic (exact) mass is 400 g/mol. The summed E-state index contributed by atoms with van der Waals surface area (Å²) in [6, 6.07) is 10.6. The molecular formula is C22H28N2O3S. The number of hydrogen-bond donors (Lipinski definition) is 1. The van der Waals surface area contributed by atoms with Crippen molar-refractivity contribution in [2.75, 3.05) is 6.79 Å². The van der Waals surface area contributed by atoms with Gasteiger partial charge in [0.2, 0.25) is 6.79 Å². The third kappa shape index (κ3) is 4.79. The number of hydrogen-bond acceptors (Lipinski definition) is 4. The molecule has 0 bridgehead atoms. The minimum atomic E-state index is 0.288. The number of thiocarbonyl (C=S) groups is 1. The van der Waals surface area contributed by atoms with Gasteiger partial charge in [0.15, 0.2) is 16.6 Å². The Morgan fingerprint density at radius 2 is 1.82 bits per heavy atom. The van der Waals surface area contributed by atoms with E-state index in [4.69, 9.17) is 26.1 Å². The third-order valence-corrected chi connectivity index (χ3v) is 5.80. The number of ether oxygens (including phenoxy) is 2. The Morgan fingerprint density at radius 3 is 2.57 bits per heavy atom. The minimum absolute atomic E-state index is 0.288. The summed E-state index contributed by atoms with van der Waals surface area (Å²) in [5.41, 5.74) is 1.14. The van der Waals surface area contributed by atoms with Gasteiger partial charge in [-0.15, -0.1) is 0 Å². The van der Waals surface area contributed by atoms with Gasteiger partial charge < -0.3 is 24.1 Å². The van der Waals surface area contributed by atoms with Gasteiger partial charge in [-0.25, -0.2) is 0 Å². The number of nitrogens with zero attached hydrogens (tertiary/aromatic N) is 1. The molecular weight excluding hydrogens is 372 g/mol. The largest absolute Gasteiger partial charge is 0.464 e. The Labute approximate surface area is 172 Å². The topological polar surface area (TPSA) is 46.9 Å². The van der Waals surface area contributed by atoms with Crippen molar-refractivity contribution in [2.45, 2.75) is 64.6 Å². The van der Waals surface area contributed by atoms with E-state index in [2.05, 4.69) is 16.3 Å². The molecule has 2 heterocycles. The maximum absolute atomic E-state index is 5.82. The average Bonchev–Trinajstić information content (AvgIpc) is 3.23. The molecule has 0 saturated heterocycles. The fraction of sp³-hybridized carbons (Fsp3) is 0.500. The Bertz CT molecular complexity index is 812. The number of aryl methyl sites for hydroxylation is 1. The molecule has 2 aliphatic rings. The van der Waals surface area contributed by atoms with Gasteiger partial charge in [-0.2, -0.15) is 0 Å². The van der Waals surface area contributed by atoms with Crippen molar-refractivity contribution >= 4 is 17.3 Å². The van der Waals surface area contributed by atoms with Crippen molar-refractivity contribution in [1.82, 2.24) is 10.2 Å². The standard InChI is InChI=1S/C22H28N2O3S/c1-16-8-10-19(27-16)14-24(22(28)23-18-6-4-2-3-5-7-18)13-17-9-11-20-21(12-17)26-15-25-20/h8-12,18H,2-7,13-15H2,1H3,(H,23,28). The number of furan rings is 1. The molecule has 0 spiro atoms. The molecule has 0 unspecified atom stereocenters. The zero-order chi connectivity index (χ0) is 19.3. The van der Waals surface area contributed by atoms with Crippen molar-refractivity contribution < 1.29 is 13.9 Å². The van der Waals surface area contributed by atoms with Crippen LogP contribution in [-0.2, 0) is 13.1 Å². The molecule has 5 nitrogen and oxygen atoms in total. The molecule has 1 N–H and O–H groups in total. The van der Waals surface area contributed by atoms with Crippen LogP contribution in [0, 0.1) is 6.92 Å². The van der Waals surface area contributed by atoms with E-state index in [1.165, 1.54) is 38.5 Å². The summed E-state index contributed by atoms with van der Waals surface area (Å²) in [5, 5.41) is 4.41. The summed E-state index contributed by atoms with van der Waals surface area (Å²) in [6.45, 7) is 3.58. The minimum Gasteiger partial charge on any atom is -0.464 e. The van der Waals surface area contributed by atoms with E-state index in [1.54, 1.807) is 0 Å². The second kappa shape index (κ2) is 8.86. The Morgan fingerprint density at radius 1 is 1.04 bits per heavy atom. The predicted molar refractivity (Wildman–Crippen MR) is 112 cm³/mol. The zero-order valence-corrected chi connectivity index (χ0v) is 17.2. The molecule has 150 valence electrons. The second-order valence-corrected chi connectivity index (χ2v) is 8.08. The van der Waals surface area contributed by atoms with Crippen LogP contribution in [-0.4, -0.2) is 22.8 Å². The van der Waals surface area contributed by atoms with E-state index >= 15 is 0 Å². The van der Waals surface area contributed by atoms with Crippen LogP contribution in [0.2, 0.25) is 0 Å². The van der Waals surface area contributed by atoms with Gasteiger partial charge in [-0.3, -0.25) is 0 Å². The van der Waals surface area contributed by atoms with E-state index < -0.39 is 0 Å². The molecule has 1 aromatic carbocycles. The molecule has 1 aliphatic heterocycles. The fourth-order valence-electron chi connectivity index (χ4n) is 3.91. The fourth-order valence-corrected chi connectivity index (χ4v) is 4.20. The number of nitrogens with one attached hydrogen (secondary N) is 1. The van der Waals surface area contributed by atoms with Crippen LogP contribution in [0.25, 0.3) is 0 Å². The van der Waals surface area contributed by atoms with E-state index in [0.29, 0.717) is 19.1 Å². The van der Waals surface area contributed by atoms with E-state index in [0.717, 1.165) is 33.7 Å². The lowest BCUT2D eigenvalue weighted by Gasteiger charge is -2.28. The van der Waals surface area contributed by atoms with Crippen LogP contribution in [0.15, 0.2) is 34.7 Å². The van der Waals surface area contributed by atoms with Crippen LogP contribution in [0.5, 0.6) is 11.5 Å². The smallest absolute Gasteiger partial charge is 0.231 e. The van der Waals surface area contributed by atoms with Gasteiger partial charge in [0, 0.05) is 12.6 Å². The van der Waals surface area contributed by atoms with E-state index in [-0.39, 0.29) is 6.79 Å². The lowest BCUT2D eigenvalue weighted by Crippen LogP contribution is -2.43. The molecule has 1 fully saturated rings. The quantitative estimate of drug-likeness (QED) is 0.568. The SMILES string of the molecule is Cc1ccc(CN(Cc2ccc3c(c2)OCO3)C(=S)NC2CCCCCC2)o1. The molecule has 6 heteroatoms. The van der Waals surface area contributed by atoms with Crippen molar-refractivity contribution in [1.29, 1.82) is 0 Å². The molecule has 2 aromatic rings. The highest BCUT2D eigenvalue weighted by Gasteiger charge is 2.20. The van der Waals surface area contributed by atoms with E-state index in [1.807, 2.05) is 31.2 Å². The first kappa shape index (κ1) is 19.1. The number of benzene rings is 1. The van der Waals surface area contributed by atoms with Crippen LogP contribution >= 0.6 is 12.2 Å². The van der Waals surface area contributed by atoms with Gasteiger partial charge in [-0.1, -0.05) is 31.7 Å². The van der Waals surface area contributed by atoms with Gasteiger partial charge in [0.05, 0.1) is 6.54 Å². The van der Waals surface area contributed by atoms with Crippen LogP contribution < -0.4 is 14.8 Å². The lowest BCUT2D eigenvalue weighted by molar-refractivity contribution is 0.174. The van der Waals surface area contributed by atoms with Crippen molar-refractivity contribution in [3.05, 3.63) is 47.4 Å². The van der Waals surface area contributed by atoms with Gasteiger partial charge in [-0.05, 0) is 61.8 Å². The van der Waals surface area contributed by atoms with Crippen molar-refractivity contribution in [2.24, 2.45) is 0 Å². The maximum Gasteiger partial charge on any atom is 0.231 e. The Balaban J connectivity index is 1.48. The summed E-state index contributed by atoms with van der Waals surface area (Å²) >= 11 is 5.82. The molecule has 0 radical (unpaired) electrons. The van der Waals surface area contributed by atoms with Crippen molar-refractivity contribution in [3.8, 4) is 11.5 Å². The van der Waals surface area contributed by atoms with Gasteiger partial charge >= 0.3 is 0 Å². The highest BCUT2D eigenvalue weighted by molar-refractivity contribution is 7.80. The maximum atomic E-state index is 5.82. The summed E-state index contributed by atoms with van der Waals surface area (Å²) in [7, 11) is 0. The van der Waals surface area contributed by atoms with Crippen LogP contribution in [0.4, 0.5) is 0 Å². The predicted octanol–water partition coefficient (Wildman–Crippen LogP) is 4.92. The number of fused-ring (bicyclic) bond motifs is 1. The highest BCUT2D eigenvalue weighted by Crippen LogP contribution is 2.33. The van der Waals surface area contributed by atoms with Gasteiger partial charge in [0.1, 0.15) is 11.5 Å². The molecule has 0 amide bonds. The summed E-state index contributed by atoms with van der Waals surface area (Å²) in [6.07, 6.45) is 7.60. The zero-order valence-electron chi connectivity index (χ0n) is 16.4. The van der Waals surface area contributed by atoms with E-state index in [9.17, 15) is 0 Å². The molecule has 28 heavy (non-hydrogen) atoms. The summed E-state index contributed by atoms with van der Waals surface area (Å²) in [5.74, 6) is 3.44. The summed E-state index contributed by atoms with van der Waals surface area (Å²) in [4.78, 5) is 2.18. The summed E-state index contributed by atoms with van der Waals surface area (Å²) < 4.78 is 16.8. The first-order chi connectivity index (χ1) is 13.7. The molecule has 1 saturated carbocycles. The van der Waals surface area contributed by atoms with Crippen LogP contribution in [0.1, 0.15) is 55.6 Å². The molecule has 1 aromatic heterocycles.